The van der Waals surface area contributed by atoms with Gasteiger partial charge >= 0.3 is 0 Å². The number of rotatable bonds is 2. The van der Waals surface area contributed by atoms with Crippen molar-refractivity contribution in [3.05, 3.63) is 64.2 Å². The molecule has 0 aromatic heterocycles. The van der Waals surface area contributed by atoms with E-state index in [9.17, 15) is 14.7 Å². The molecular weight excluding hydrogens is 396 g/mol. The van der Waals surface area contributed by atoms with E-state index in [0.29, 0.717) is 16.3 Å². The Morgan fingerprint density at radius 3 is 2.36 bits per heavy atom. The van der Waals surface area contributed by atoms with Crippen molar-refractivity contribution < 1.29 is 14.7 Å². The van der Waals surface area contributed by atoms with Crippen LogP contribution in [0, 0.1) is 0 Å². The van der Waals surface area contributed by atoms with Crippen LogP contribution in [0.3, 0.4) is 0 Å². The van der Waals surface area contributed by atoms with Crippen LogP contribution in [0.15, 0.2) is 48.0 Å². The minimum atomic E-state index is -0.610. The molecule has 0 bridgehead atoms. The van der Waals surface area contributed by atoms with Crippen LogP contribution in [-0.2, 0) is 15.0 Å². The summed E-state index contributed by atoms with van der Waals surface area (Å²) in [7, 11) is 0. The maximum atomic E-state index is 13.0. The Morgan fingerprint density at radius 1 is 1.11 bits per heavy atom. The number of phenolic OH excluding ortho intramolecular Hbond substituents is 1. The Hall–Kier alpha value is -2.70. The van der Waals surface area contributed by atoms with E-state index < -0.39 is 11.8 Å². The number of benzene rings is 2. The lowest BCUT2D eigenvalue weighted by atomic mass is 9.86. The number of carbonyl (C=O) groups is 2. The maximum absolute atomic E-state index is 13.0. The first-order valence-electron chi connectivity index (χ1n) is 8.58. The Kier molecular flexibility index (Phi) is 5.28. The van der Waals surface area contributed by atoms with E-state index in [2.05, 4.69) is 5.32 Å². The van der Waals surface area contributed by atoms with Crippen molar-refractivity contribution in [1.29, 1.82) is 0 Å². The van der Waals surface area contributed by atoms with Crippen molar-refractivity contribution in [2.75, 3.05) is 4.90 Å². The van der Waals surface area contributed by atoms with Gasteiger partial charge in [-0.1, -0.05) is 38.4 Å². The number of amides is 2. The number of carbonyl (C=O) groups excluding carboxylic acids is 2. The molecule has 3 rings (SSSR count). The summed E-state index contributed by atoms with van der Waals surface area (Å²) >= 11 is 11.1. The van der Waals surface area contributed by atoms with Crippen molar-refractivity contribution in [2.45, 2.75) is 26.2 Å². The van der Waals surface area contributed by atoms with Gasteiger partial charge in [-0.05, 0) is 65.7 Å². The molecule has 7 heteroatoms. The molecule has 0 saturated carbocycles. The summed E-state index contributed by atoms with van der Waals surface area (Å²) < 4.78 is 0. The first-order valence-corrected chi connectivity index (χ1v) is 9.37. The predicted molar refractivity (Wildman–Crippen MR) is 114 cm³/mol. The van der Waals surface area contributed by atoms with Crippen LogP contribution in [0.5, 0.6) is 5.75 Å². The first-order chi connectivity index (χ1) is 13.1. The van der Waals surface area contributed by atoms with Crippen LogP contribution in [0.2, 0.25) is 5.02 Å². The topological polar surface area (TPSA) is 69.6 Å². The summed E-state index contributed by atoms with van der Waals surface area (Å²) in [6.07, 6.45) is 1.38. The van der Waals surface area contributed by atoms with E-state index in [1.54, 1.807) is 36.4 Å². The van der Waals surface area contributed by atoms with Gasteiger partial charge in [0.2, 0.25) is 0 Å². The van der Waals surface area contributed by atoms with Gasteiger partial charge in [0.1, 0.15) is 11.3 Å². The van der Waals surface area contributed by atoms with Crippen LogP contribution in [0.1, 0.15) is 31.9 Å². The number of thiocarbonyl (C=S) groups is 1. The molecule has 0 unspecified atom stereocenters. The molecule has 5 nitrogen and oxygen atoms in total. The fraction of sp³-hybridized carbons (Fsp3) is 0.190. The highest BCUT2D eigenvalue weighted by atomic mass is 35.5. The van der Waals surface area contributed by atoms with Crippen LogP contribution < -0.4 is 10.2 Å². The lowest BCUT2D eigenvalue weighted by Crippen LogP contribution is -2.54. The molecule has 1 fully saturated rings. The Labute approximate surface area is 173 Å². The summed E-state index contributed by atoms with van der Waals surface area (Å²) in [6.45, 7) is 6.11. The van der Waals surface area contributed by atoms with Gasteiger partial charge in [-0.2, -0.15) is 0 Å². The molecule has 0 aliphatic carbocycles. The van der Waals surface area contributed by atoms with Gasteiger partial charge in [-0.25, -0.2) is 0 Å². The van der Waals surface area contributed by atoms with Gasteiger partial charge in [-0.15, -0.1) is 0 Å². The summed E-state index contributed by atoms with van der Waals surface area (Å²) in [5, 5.41) is 13.3. The van der Waals surface area contributed by atoms with E-state index in [-0.39, 0.29) is 21.9 Å². The second-order valence-electron chi connectivity index (χ2n) is 7.46. The molecule has 2 amide bonds. The van der Waals surface area contributed by atoms with E-state index in [1.807, 2.05) is 26.8 Å². The minimum absolute atomic E-state index is 0.0119. The average molecular weight is 415 g/mol. The molecule has 0 atom stereocenters. The van der Waals surface area contributed by atoms with E-state index >= 15 is 0 Å². The molecule has 1 heterocycles. The molecule has 144 valence electrons. The molecule has 2 aromatic carbocycles. The molecule has 0 radical (unpaired) electrons. The zero-order valence-corrected chi connectivity index (χ0v) is 17.2. The molecule has 2 aromatic rings. The quantitative estimate of drug-likeness (QED) is 0.439. The number of aromatic hydroxyl groups is 1. The van der Waals surface area contributed by atoms with Gasteiger partial charge in [-0.3, -0.25) is 19.8 Å². The largest absolute Gasteiger partial charge is 0.507 e. The van der Waals surface area contributed by atoms with Crippen molar-refractivity contribution in [1.82, 2.24) is 5.32 Å². The smallest absolute Gasteiger partial charge is 0.270 e. The second kappa shape index (κ2) is 7.37. The SMILES string of the molecule is CC(C)(C)c1ccc(O)c(/C=C2/C(=O)NC(=S)N(c3ccc(Cl)cc3)C2=O)c1. The minimum Gasteiger partial charge on any atom is -0.507 e. The predicted octanol–water partition coefficient (Wildman–Crippen LogP) is 4.17. The zero-order valence-electron chi connectivity index (χ0n) is 15.6. The highest BCUT2D eigenvalue weighted by molar-refractivity contribution is 7.80. The zero-order chi connectivity index (χ0) is 20.6. The first kappa shape index (κ1) is 20.0. The molecule has 28 heavy (non-hydrogen) atoms. The maximum Gasteiger partial charge on any atom is 0.270 e. The third kappa shape index (κ3) is 3.93. The van der Waals surface area contributed by atoms with Crippen molar-refractivity contribution in [2.24, 2.45) is 0 Å². The highest BCUT2D eigenvalue weighted by Gasteiger charge is 2.34. The lowest BCUT2D eigenvalue weighted by Gasteiger charge is -2.29. The standard InChI is InChI=1S/C21H19ClN2O3S/c1-21(2,3)13-4-9-17(25)12(10-13)11-16-18(26)23-20(28)24(19(16)27)15-7-5-14(22)6-8-15/h4-11,25H,1-3H3,(H,23,26,28)/b16-11-. The summed E-state index contributed by atoms with van der Waals surface area (Å²) in [5.74, 6) is -1.20. The molecule has 1 aliphatic heterocycles. The van der Waals surface area contributed by atoms with Crippen LogP contribution in [0.4, 0.5) is 5.69 Å². The Bertz CT molecular complexity index is 1010. The van der Waals surface area contributed by atoms with Crippen molar-refractivity contribution in [3.8, 4) is 5.75 Å². The number of nitrogens with zero attached hydrogens (tertiary/aromatic N) is 1. The molecule has 1 saturated heterocycles. The third-order valence-electron chi connectivity index (χ3n) is 4.38. The number of hydrogen-bond donors (Lipinski definition) is 2. The Morgan fingerprint density at radius 2 is 1.75 bits per heavy atom. The molecular formula is C21H19ClN2O3S. The molecule has 2 N–H and O–H groups in total. The summed E-state index contributed by atoms with van der Waals surface area (Å²) in [5.41, 5.74) is 1.56. The molecule has 1 aliphatic rings. The highest BCUT2D eigenvalue weighted by Crippen LogP contribution is 2.30. The van der Waals surface area contributed by atoms with Gasteiger partial charge in [0.05, 0.1) is 5.69 Å². The van der Waals surface area contributed by atoms with Crippen molar-refractivity contribution >= 4 is 52.5 Å². The van der Waals surface area contributed by atoms with Gasteiger partial charge in [0, 0.05) is 10.6 Å². The van der Waals surface area contributed by atoms with Gasteiger partial charge < -0.3 is 5.11 Å². The van der Waals surface area contributed by atoms with Crippen LogP contribution >= 0.6 is 23.8 Å². The van der Waals surface area contributed by atoms with Crippen molar-refractivity contribution in [3.63, 3.8) is 0 Å². The molecule has 0 spiro atoms. The van der Waals surface area contributed by atoms with E-state index in [0.717, 1.165) is 5.56 Å². The van der Waals surface area contributed by atoms with Gasteiger partial charge in [0.25, 0.3) is 11.8 Å². The van der Waals surface area contributed by atoms with Crippen LogP contribution in [0.25, 0.3) is 6.08 Å². The van der Waals surface area contributed by atoms with E-state index in [4.69, 9.17) is 23.8 Å². The Balaban J connectivity index is 2.06. The normalized spacial score (nSPS) is 16.5. The third-order valence-corrected chi connectivity index (χ3v) is 4.92. The van der Waals surface area contributed by atoms with Gasteiger partial charge in [0.15, 0.2) is 5.11 Å². The lowest BCUT2D eigenvalue weighted by molar-refractivity contribution is -0.122. The fourth-order valence-electron chi connectivity index (χ4n) is 2.77. The number of nitrogens with one attached hydrogen (secondary N) is 1. The number of phenols is 1. The number of anilines is 1. The van der Waals surface area contributed by atoms with E-state index in [1.165, 1.54) is 11.0 Å². The van der Waals surface area contributed by atoms with Crippen LogP contribution in [-0.4, -0.2) is 22.0 Å². The second-order valence-corrected chi connectivity index (χ2v) is 8.28. The monoisotopic (exact) mass is 414 g/mol. The average Bonchev–Trinajstić information content (AvgIpc) is 2.60. The summed E-state index contributed by atoms with van der Waals surface area (Å²) in [4.78, 5) is 26.7. The summed E-state index contributed by atoms with van der Waals surface area (Å²) in [6, 6.07) is 11.7. The number of hydrogen-bond acceptors (Lipinski definition) is 4. The number of halogens is 1. The fourth-order valence-corrected chi connectivity index (χ4v) is 3.18.